The number of benzene rings is 1. The third kappa shape index (κ3) is 4.66. The SMILES string of the molecule is COc1cc(N(C)C(=O)CC2COCCN2)cc(OC)c1OC.Cl. The maximum absolute atomic E-state index is 12.5. The lowest BCUT2D eigenvalue weighted by Crippen LogP contribution is -2.44. The Labute approximate surface area is 148 Å². The topological polar surface area (TPSA) is 69.3 Å². The number of methoxy groups -OCH3 is 3. The van der Waals surface area contributed by atoms with E-state index in [0.717, 1.165) is 6.54 Å². The highest BCUT2D eigenvalue weighted by Crippen LogP contribution is 2.40. The number of rotatable bonds is 6. The first-order valence-corrected chi connectivity index (χ1v) is 7.48. The van der Waals surface area contributed by atoms with Crippen LogP contribution in [0.1, 0.15) is 6.42 Å². The van der Waals surface area contributed by atoms with E-state index < -0.39 is 0 Å². The molecule has 0 radical (unpaired) electrons. The predicted molar refractivity (Wildman–Crippen MR) is 94.0 cm³/mol. The molecule has 7 nitrogen and oxygen atoms in total. The number of halogens is 1. The monoisotopic (exact) mass is 360 g/mol. The second-order valence-electron chi connectivity index (χ2n) is 5.27. The van der Waals surface area contributed by atoms with Crippen molar-refractivity contribution in [2.24, 2.45) is 0 Å². The number of amides is 1. The van der Waals surface area contributed by atoms with E-state index in [4.69, 9.17) is 18.9 Å². The molecule has 0 spiro atoms. The molecule has 2 rings (SSSR count). The second-order valence-corrected chi connectivity index (χ2v) is 5.27. The molecule has 0 aromatic heterocycles. The maximum atomic E-state index is 12.5. The van der Waals surface area contributed by atoms with Crippen molar-refractivity contribution >= 4 is 24.0 Å². The fourth-order valence-electron chi connectivity index (χ4n) is 2.50. The molecule has 1 aromatic rings. The maximum Gasteiger partial charge on any atom is 0.228 e. The van der Waals surface area contributed by atoms with Crippen molar-refractivity contribution in [1.29, 1.82) is 0 Å². The minimum atomic E-state index is -0.0118. The van der Waals surface area contributed by atoms with E-state index in [0.29, 0.717) is 42.6 Å². The van der Waals surface area contributed by atoms with Gasteiger partial charge in [-0.3, -0.25) is 4.79 Å². The second kappa shape index (κ2) is 9.56. The Morgan fingerprint density at radius 2 is 1.88 bits per heavy atom. The lowest BCUT2D eigenvalue weighted by atomic mass is 10.1. The summed E-state index contributed by atoms with van der Waals surface area (Å²) in [6.07, 6.45) is 0.368. The first kappa shape index (κ1) is 20.3. The molecular formula is C16H25ClN2O5. The number of ether oxygens (including phenoxy) is 4. The molecule has 136 valence electrons. The summed E-state index contributed by atoms with van der Waals surface area (Å²) in [5, 5.41) is 3.28. The van der Waals surface area contributed by atoms with Crippen LogP contribution in [0.2, 0.25) is 0 Å². The molecule has 8 heteroatoms. The highest BCUT2D eigenvalue weighted by atomic mass is 35.5. The lowest BCUT2D eigenvalue weighted by molar-refractivity contribution is -0.119. The Hall–Kier alpha value is -1.70. The van der Waals surface area contributed by atoms with Crippen LogP contribution in [0.25, 0.3) is 0 Å². The molecular weight excluding hydrogens is 336 g/mol. The van der Waals surface area contributed by atoms with Crippen molar-refractivity contribution < 1.29 is 23.7 Å². The van der Waals surface area contributed by atoms with Crippen LogP contribution in [0.3, 0.4) is 0 Å². The molecule has 1 aliphatic rings. The van der Waals surface area contributed by atoms with E-state index in [1.165, 1.54) is 0 Å². The van der Waals surface area contributed by atoms with Crippen molar-refractivity contribution in [2.75, 3.05) is 53.0 Å². The minimum absolute atomic E-state index is 0. The number of carbonyl (C=O) groups excluding carboxylic acids is 1. The standard InChI is InChI=1S/C16H24N2O5.ClH/c1-18(15(19)7-11-10-23-6-5-17-11)12-8-13(20-2)16(22-4)14(9-12)21-3;/h8-9,11,17H,5-7,10H2,1-4H3;1H. The Bertz CT molecular complexity index is 524. The van der Waals surface area contributed by atoms with Gasteiger partial charge in [-0.1, -0.05) is 0 Å². The highest BCUT2D eigenvalue weighted by Gasteiger charge is 2.22. The van der Waals surface area contributed by atoms with Crippen molar-refractivity contribution in [3.05, 3.63) is 12.1 Å². The van der Waals surface area contributed by atoms with Crippen LogP contribution in [0.5, 0.6) is 17.2 Å². The first-order chi connectivity index (χ1) is 11.1. The molecule has 1 saturated heterocycles. The van der Waals surface area contributed by atoms with Crippen LogP contribution in [0.4, 0.5) is 5.69 Å². The molecule has 0 aliphatic carbocycles. The lowest BCUT2D eigenvalue weighted by Gasteiger charge is -2.26. The first-order valence-electron chi connectivity index (χ1n) is 7.48. The van der Waals surface area contributed by atoms with E-state index in [2.05, 4.69) is 5.32 Å². The van der Waals surface area contributed by atoms with Gasteiger partial charge in [0.05, 0.1) is 40.2 Å². The quantitative estimate of drug-likeness (QED) is 0.828. The number of morpholine rings is 1. The zero-order valence-electron chi connectivity index (χ0n) is 14.5. The normalized spacial score (nSPS) is 16.8. The van der Waals surface area contributed by atoms with Gasteiger partial charge in [0.1, 0.15) is 0 Å². The molecule has 0 bridgehead atoms. The Morgan fingerprint density at radius 3 is 2.33 bits per heavy atom. The average molecular weight is 361 g/mol. The van der Waals surface area contributed by atoms with E-state index in [1.807, 2.05) is 0 Å². The van der Waals surface area contributed by atoms with Crippen molar-refractivity contribution in [3.63, 3.8) is 0 Å². The van der Waals surface area contributed by atoms with Crippen LogP contribution in [0.15, 0.2) is 12.1 Å². The van der Waals surface area contributed by atoms with Crippen LogP contribution in [-0.4, -0.2) is 60.1 Å². The molecule has 1 N–H and O–H groups in total. The molecule has 1 aliphatic heterocycles. The number of hydrogen-bond donors (Lipinski definition) is 1. The van der Waals surface area contributed by atoms with Crippen molar-refractivity contribution in [3.8, 4) is 17.2 Å². The summed E-state index contributed by atoms with van der Waals surface area (Å²) in [6, 6.07) is 3.55. The van der Waals surface area contributed by atoms with Gasteiger partial charge in [-0.2, -0.15) is 0 Å². The summed E-state index contributed by atoms with van der Waals surface area (Å²) in [7, 11) is 6.37. The number of nitrogens with zero attached hydrogens (tertiary/aromatic N) is 1. The number of nitrogens with one attached hydrogen (secondary N) is 1. The molecule has 1 atom stereocenters. The predicted octanol–water partition coefficient (Wildman–Crippen LogP) is 1.48. The third-order valence-corrected chi connectivity index (χ3v) is 3.83. The summed E-state index contributed by atoms with van der Waals surface area (Å²) >= 11 is 0. The zero-order valence-corrected chi connectivity index (χ0v) is 15.3. The van der Waals surface area contributed by atoms with E-state index in [-0.39, 0.29) is 24.4 Å². The summed E-state index contributed by atoms with van der Waals surface area (Å²) in [5.41, 5.74) is 0.682. The van der Waals surface area contributed by atoms with Gasteiger partial charge in [0.15, 0.2) is 11.5 Å². The van der Waals surface area contributed by atoms with E-state index in [9.17, 15) is 4.79 Å². The van der Waals surface area contributed by atoms with Gasteiger partial charge < -0.3 is 29.2 Å². The van der Waals surface area contributed by atoms with Crippen LogP contribution >= 0.6 is 12.4 Å². The molecule has 24 heavy (non-hydrogen) atoms. The smallest absolute Gasteiger partial charge is 0.228 e. The Kier molecular flexibility index (Phi) is 8.10. The Balaban J connectivity index is 0.00000288. The minimum Gasteiger partial charge on any atom is -0.493 e. The van der Waals surface area contributed by atoms with E-state index >= 15 is 0 Å². The van der Waals surface area contributed by atoms with Crippen molar-refractivity contribution in [2.45, 2.75) is 12.5 Å². The number of carbonyl (C=O) groups is 1. The zero-order chi connectivity index (χ0) is 16.8. The highest BCUT2D eigenvalue weighted by molar-refractivity contribution is 5.94. The van der Waals surface area contributed by atoms with Crippen LogP contribution < -0.4 is 24.4 Å². The largest absolute Gasteiger partial charge is 0.493 e. The molecule has 1 fully saturated rings. The molecule has 1 unspecified atom stereocenters. The van der Waals surface area contributed by atoms with Gasteiger partial charge in [-0.05, 0) is 0 Å². The number of hydrogen-bond acceptors (Lipinski definition) is 6. The molecule has 0 saturated carbocycles. The fourth-order valence-corrected chi connectivity index (χ4v) is 2.50. The van der Waals surface area contributed by atoms with Gasteiger partial charge in [-0.25, -0.2) is 0 Å². The van der Waals surface area contributed by atoms with Crippen LogP contribution in [0, 0.1) is 0 Å². The molecule has 1 aromatic carbocycles. The van der Waals surface area contributed by atoms with Gasteiger partial charge in [0, 0.05) is 38.2 Å². The third-order valence-electron chi connectivity index (χ3n) is 3.83. The molecule has 1 amide bonds. The Morgan fingerprint density at radius 1 is 1.25 bits per heavy atom. The van der Waals surface area contributed by atoms with Gasteiger partial charge in [0.2, 0.25) is 11.7 Å². The van der Waals surface area contributed by atoms with Gasteiger partial charge in [0.25, 0.3) is 0 Å². The average Bonchev–Trinajstić information content (AvgIpc) is 2.60. The summed E-state index contributed by atoms with van der Waals surface area (Å²) < 4.78 is 21.3. The summed E-state index contributed by atoms with van der Waals surface area (Å²) in [4.78, 5) is 14.1. The summed E-state index contributed by atoms with van der Waals surface area (Å²) in [5.74, 6) is 1.52. The fraction of sp³-hybridized carbons (Fsp3) is 0.562. The molecule has 1 heterocycles. The summed E-state index contributed by atoms with van der Waals surface area (Å²) in [6.45, 7) is 2.01. The van der Waals surface area contributed by atoms with Crippen molar-refractivity contribution in [1.82, 2.24) is 5.32 Å². The van der Waals surface area contributed by atoms with E-state index in [1.54, 1.807) is 45.4 Å². The van der Waals surface area contributed by atoms with Gasteiger partial charge in [-0.15, -0.1) is 12.4 Å². The van der Waals surface area contributed by atoms with Crippen LogP contribution in [-0.2, 0) is 9.53 Å². The number of anilines is 1. The van der Waals surface area contributed by atoms with Gasteiger partial charge >= 0.3 is 0 Å².